The number of carbonyl (C=O) groups is 1. The summed E-state index contributed by atoms with van der Waals surface area (Å²) in [5.41, 5.74) is 1.36. The van der Waals surface area contributed by atoms with Crippen LogP contribution in [-0.4, -0.2) is 23.1 Å². The summed E-state index contributed by atoms with van der Waals surface area (Å²) in [6, 6.07) is 16.1. The van der Waals surface area contributed by atoms with Gasteiger partial charge in [0.15, 0.2) is 12.2 Å². The number of nitrogens with one attached hydrogen (secondary N) is 1. The van der Waals surface area contributed by atoms with Crippen molar-refractivity contribution in [1.29, 1.82) is 0 Å². The van der Waals surface area contributed by atoms with E-state index in [1.54, 1.807) is 18.2 Å². The van der Waals surface area contributed by atoms with Gasteiger partial charge in [-0.05, 0) is 35.0 Å². The molecule has 162 valence electrons. The first-order chi connectivity index (χ1) is 15.2. The van der Waals surface area contributed by atoms with Crippen LogP contribution in [0.5, 0.6) is 11.5 Å². The van der Waals surface area contributed by atoms with Crippen LogP contribution in [0.1, 0.15) is 38.1 Å². The van der Waals surface area contributed by atoms with Crippen molar-refractivity contribution in [3.8, 4) is 22.8 Å². The third kappa shape index (κ3) is 5.42. The number of carbonyl (C=O) groups excluding carboxylic acids is 1. The number of fused-ring (bicyclic) bond motifs is 1. The number of hydrogen-bond donors (Lipinski definition) is 2. The Balaban J connectivity index is 0.000000807. The third-order valence-corrected chi connectivity index (χ3v) is 4.27. The fourth-order valence-electron chi connectivity index (χ4n) is 2.93. The van der Waals surface area contributed by atoms with Crippen LogP contribution in [0.4, 0.5) is 5.69 Å². The molecule has 1 amide bonds. The minimum atomic E-state index is -0.329. The lowest BCUT2D eigenvalue weighted by atomic mass is 10.0. The highest BCUT2D eigenvalue weighted by Crippen LogP contribution is 2.32. The number of amides is 1. The van der Waals surface area contributed by atoms with Crippen molar-refractivity contribution in [1.82, 2.24) is 4.98 Å². The zero-order chi connectivity index (χ0) is 22.8. The number of aromatic hydroxyl groups is 1. The second-order valence-corrected chi connectivity index (χ2v) is 5.95. The molecule has 4 rings (SSSR count). The number of ether oxygens (including phenoxy) is 1. The zero-order valence-corrected chi connectivity index (χ0v) is 18.5. The smallest absolute Gasteiger partial charge is 0.259 e. The number of phenols is 1. The summed E-state index contributed by atoms with van der Waals surface area (Å²) < 4.78 is 10.6. The van der Waals surface area contributed by atoms with Gasteiger partial charge in [0.2, 0.25) is 0 Å². The second kappa shape index (κ2) is 11.4. The Hall–Kier alpha value is -3.80. The van der Waals surface area contributed by atoms with Crippen molar-refractivity contribution >= 4 is 22.4 Å². The minimum Gasteiger partial charge on any atom is -0.507 e. The summed E-state index contributed by atoms with van der Waals surface area (Å²) >= 11 is 0. The van der Waals surface area contributed by atoms with Crippen LogP contribution in [0.15, 0.2) is 71.6 Å². The van der Waals surface area contributed by atoms with Crippen LogP contribution in [0.25, 0.3) is 22.1 Å². The molecule has 1 aromatic heterocycles. The lowest BCUT2D eigenvalue weighted by Crippen LogP contribution is -2.13. The topological polar surface area (TPSA) is 84.6 Å². The summed E-state index contributed by atoms with van der Waals surface area (Å²) in [5, 5.41) is 14.9. The number of anilines is 1. The molecule has 0 saturated heterocycles. The van der Waals surface area contributed by atoms with Crippen LogP contribution in [0.2, 0.25) is 0 Å². The SMILES string of the molecule is CC.CC.COc1cc2ccccc2cc1C(=O)Nc1ccc(-c2cnco2)c(O)c1. The van der Waals surface area contributed by atoms with E-state index in [1.165, 1.54) is 25.8 Å². The van der Waals surface area contributed by atoms with Crippen LogP contribution < -0.4 is 10.1 Å². The summed E-state index contributed by atoms with van der Waals surface area (Å²) in [6.07, 6.45) is 2.80. The number of oxazole rings is 1. The number of nitrogens with zero attached hydrogens (tertiary/aromatic N) is 1. The van der Waals surface area contributed by atoms with Gasteiger partial charge in [0.1, 0.15) is 11.5 Å². The van der Waals surface area contributed by atoms with Gasteiger partial charge in [-0.15, -0.1) is 0 Å². The number of aromatic nitrogens is 1. The average Bonchev–Trinajstić information content (AvgIpc) is 3.35. The van der Waals surface area contributed by atoms with E-state index < -0.39 is 0 Å². The van der Waals surface area contributed by atoms with E-state index in [2.05, 4.69) is 10.3 Å². The van der Waals surface area contributed by atoms with E-state index in [0.29, 0.717) is 28.3 Å². The van der Waals surface area contributed by atoms with E-state index in [4.69, 9.17) is 9.15 Å². The van der Waals surface area contributed by atoms with Crippen LogP contribution >= 0.6 is 0 Å². The Morgan fingerprint density at radius 1 is 1.00 bits per heavy atom. The summed E-state index contributed by atoms with van der Waals surface area (Å²) in [7, 11) is 1.53. The molecule has 4 aromatic rings. The molecule has 0 aliphatic rings. The Morgan fingerprint density at radius 3 is 2.26 bits per heavy atom. The highest BCUT2D eigenvalue weighted by Gasteiger charge is 2.15. The molecule has 6 heteroatoms. The van der Waals surface area contributed by atoms with Crippen molar-refractivity contribution in [3.05, 3.63) is 72.8 Å². The van der Waals surface area contributed by atoms with Crippen LogP contribution in [0.3, 0.4) is 0 Å². The first-order valence-electron chi connectivity index (χ1n) is 10.3. The highest BCUT2D eigenvalue weighted by molar-refractivity contribution is 6.08. The zero-order valence-electron chi connectivity index (χ0n) is 18.5. The van der Waals surface area contributed by atoms with Gasteiger partial charge in [-0.3, -0.25) is 4.79 Å². The predicted molar refractivity (Wildman–Crippen MR) is 125 cm³/mol. The monoisotopic (exact) mass is 420 g/mol. The molecule has 0 unspecified atom stereocenters. The van der Waals surface area contributed by atoms with E-state index in [-0.39, 0.29) is 11.7 Å². The molecule has 0 spiro atoms. The molecular weight excluding hydrogens is 392 g/mol. The van der Waals surface area contributed by atoms with Gasteiger partial charge in [-0.2, -0.15) is 0 Å². The normalized spacial score (nSPS) is 9.71. The first-order valence-corrected chi connectivity index (χ1v) is 10.3. The molecule has 0 aliphatic heterocycles. The van der Waals surface area contributed by atoms with Crippen molar-refractivity contribution in [3.63, 3.8) is 0 Å². The van der Waals surface area contributed by atoms with Crippen molar-refractivity contribution < 1.29 is 19.1 Å². The van der Waals surface area contributed by atoms with Crippen molar-refractivity contribution in [2.45, 2.75) is 27.7 Å². The van der Waals surface area contributed by atoms with Crippen molar-refractivity contribution in [2.75, 3.05) is 12.4 Å². The van der Waals surface area contributed by atoms with E-state index in [1.807, 2.05) is 58.0 Å². The van der Waals surface area contributed by atoms with Crippen molar-refractivity contribution in [2.24, 2.45) is 0 Å². The molecule has 0 aliphatic carbocycles. The Bertz CT molecular complexity index is 1120. The molecule has 0 radical (unpaired) electrons. The van der Waals surface area contributed by atoms with Gasteiger partial charge in [0, 0.05) is 11.8 Å². The minimum absolute atomic E-state index is 0.0185. The maximum Gasteiger partial charge on any atom is 0.259 e. The fourth-order valence-corrected chi connectivity index (χ4v) is 2.93. The Morgan fingerprint density at radius 2 is 1.68 bits per heavy atom. The van der Waals surface area contributed by atoms with Crippen LogP contribution in [0, 0.1) is 0 Å². The Labute approximate surface area is 182 Å². The summed E-state index contributed by atoms with van der Waals surface area (Å²) in [4.78, 5) is 16.6. The maximum absolute atomic E-state index is 12.8. The number of phenolic OH excluding ortho intramolecular Hbond substituents is 1. The number of hydrogen-bond acceptors (Lipinski definition) is 5. The molecule has 2 N–H and O–H groups in total. The van der Waals surface area contributed by atoms with Gasteiger partial charge >= 0.3 is 0 Å². The standard InChI is InChI=1S/C21H16N2O4.2C2H6/c1-26-19-9-14-5-3-2-4-13(14)8-17(19)21(25)23-15-6-7-16(18(24)10-15)20-11-22-12-27-20;2*1-2/h2-12,24H,1H3,(H,23,25);2*1-2H3. The van der Waals surface area contributed by atoms with Gasteiger partial charge in [-0.1, -0.05) is 52.0 Å². The largest absolute Gasteiger partial charge is 0.507 e. The second-order valence-electron chi connectivity index (χ2n) is 5.95. The highest BCUT2D eigenvalue weighted by atomic mass is 16.5. The van der Waals surface area contributed by atoms with Gasteiger partial charge in [0.25, 0.3) is 5.91 Å². The van der Waals surface area contributed by atoms with E-state index in [9.17, 15) is 9.90 Å². The lowest BCUT2D eigenvalue weighted by Gasteiger charge is -2.12. The molecule has 3 aromatic carbocycles. The Kier molecular flexibility index (Phi) is 8.64. The van der Waals surface area contributed by atoms with Crippen LogP contribution in [-0.2, 0) is 0 Å². The number of methoxy groups -OCH3 is 1. The number of rotatable bonds is 4. The predicted octanol–water partition coefficient (Wildman–Crippen LogP) is 6.51. The summed E-state index contributed by atoms with van der Waals surface area (Å²) in [6.45, 7) is 8.00. The quantitative estimate of drug-likeness (QED) is 0.393. The van der Waals surface area contributed by atoms with Gasteiger partial charge < -0.3 is 19.6 Å². The fraction of sp³-hybridized carbons (Fsp3) is 0.200. The molecule has 0 fully saturated rings. The van der Waals surface area contributed by atoms with Gasteiger partial charge in [0.05, 0.1) is 24.4 Å². The molecule has 0 atom stereocenters. The molecule has 0 bridgehead atoms. The average molecular weight is 421 g/mol. The molecule has 1 heterocycles. The molecule has 0 saturated carbocycles. The summed E-state index contributed by atoms with van der Waals surface area (Å²) in [5.74, 6) is 0.578. The lowest BCUT2D eigenvalue weighted by molar-refractivity contribution is 0.102. The van der Waals surface area contributed by atoms with E-state index >= 15 is 0 Å². The van der Waals surface area contributed by atoms with Gasteiger partial charge in [-0.25, -0.2) is 4.98 Å². The molecule has 31 heavy (non-hydrogen) atoms. The maximum atomic E-state index is 12.8. The number of benzene rings is 3. The third-order valence-electron chi connectivity index (χ3n) is 4.27. The van der Waals surface area contributed by atoms with E-state index in [0.717, 1.165) is 10.8 Å². The first kappa shape index (κ1) is 23.5. The molecule has 6 nitrogen and oxygen atoms in total. The molecular formula is C25H28N2O4.